The van der Waals surface area contributed by atoms with E-state index in [1.54, 1.807) is 0 Å². The summed E-state index contributed by atoms with van der Waals surface area (Å²) in [6.45, 7) is 4.58. The van der Waals surface area contributed by atoms with Crippen LogP contribution in [0.15, 0.2) is 0 Å². The molecule has 4 heteroatoms. The number of hydrogen-bond donors (Lipinski definition) is 1. The second-order valence-electron chi connectivity index (χ2n) is 16.7. The minimum absolute atomic E-state index is 0.0134. The van der Waals surface area contributed by atoms with Gasteiger partial charge in [0.25, 0.3) is 0 Å². The van der Waals surface area contributed by atoms with Crippen LogP contribution in [0.2, 0.25) is 0 Å². The average Bonchev–Trinajstić information content (AvgIpc) is 3.13. The molecule has 1 unspecified atom stereocenters. The van der Waals surface area contributed by atoms with Gasteiger partial charge in [0.1, 0.15) is 6.10 Å². The van der Waals surface area contributed by atoms with Gasteiger partial charge >= 0.3 is 11.9 Å². The molecule has 52 heavy (non-hydrogen) atoms. The molecule has 0 aliphatic heterocycles. The van der Waals surface area contributed by atoms with E-state index in [1.165, 1.54) is 199 Å². The third-order valence-electron chi connectivity index (χ3n) is 11.3. The highest BCUT2D eigenvalue weighted by atomic mass is 16.5. The smallest absolute Gasteiger partial charge is 0.306 e. The highest BCUT2D eigenvalue weighted by Gasteiger charge is 2.14. The maximum absolute atomic E-state index is 12.8. The van der Waals surface area contributed by atoms with E-state index in [0.717, 1.165) is 64.2 Å². The van der Waals surface area contributed by atoms with E-state index < -0.39 is 5.97 Å². The van der Waals surface area contributed by atoms with Crippen molar-refractivity contribution in [1.29, 1.82) is 0 Å². The predicted octanol–water partition coefficient (Wildman–Crippen LogP) is 16.8. The fourth-order valence-electron chi connectivity index (χ4n) is 7.78. The van der Waals surface area contributed by atoms with Gasteiger partial charge in [-0.2, -0.15) is 0 Å². The van der Waals surface area contributed by atoms with Crippen LogP contribution in [-0.2, 0) is 14.3 Å². The first kappa shape index (κ1) is 50.9. The molecule has 0 spiro atoms. The molecule has 0 aliphatic carbocycles. The van der Waals surface area contributed by atoms with Crippen molar-refractivity contribution in [2.45, 2.75) is 296 Å². The fourth-order valence-corrected chi connectivity index (χ4v) is 7.78. The van der Waals surface area contributed by atoms with Crippen molar-refractivity contribution in [3.05, 3.63) is 0 Å². The zero-order chi connectivity index (χ0) is 37.8. The van der Waals surface area contributed by atoms with Gasteiger partial charge in [-0.05, 0) is 38.5 Å². The maximum Gasteiger partial charge on any atom is 0.306 e. The van der Waals surface area contributed by atoms with Crippen LogP contribution in [0.4, 0.5) is 0 Å². The molecule has 0 radical (unpaired) electrons. The molecular formula is C48H94O4. The molecule has 0 aliphatic rings. The van der Waals surface area contributed by atoms with Crippen molar-refractivity contribution in [3.63, 3.8) is 0 Å². The Balaban J connectivity index is 3.91. The SMILES string of the molecule is CCCCCCCCCCCCCCCCCCCCC(=O)OC(CCCCCCCCCCCCCCCCCC)CCCCCCCC(=O)O. The normalized spacial score (nSPS) is 12.0. The van der Waals surface area contributed by atoms with E-state index in [9.17, 15) is 9.59 Å². The minimum atomic E-state index is -0.694. The van der Waals surface area contributed by atoms with Gasteiger partial charge in [-0.1, -0.05) is 239 Å². The van der Waals surface area contributed by atoms with Crippen LogP contribution in [0.5, 0.6) is 0 Å². The second kappa shape index (κ2) is 44.3. The first-order chi connectivity index (χ1) is 25.6. The molecule has 0 amide bonds. The summed E-state index contributed by atoms with van der Waals surface area (Å²) in [6.07, 6.45) is 54.3. The largest absolute Gasteiger partial charge is 0.481 e. The molecule has 310 valence electrons. The number of carbonyl (C=O) groups excluding carboxylic acids is 1. The number of aliphatic carboxylic acids is 1. The van der Waals surface area contributed by atoms with E-state index in [0.29, 0.717) is 6.42 Å². The summed E-state index contributed by atoms with van der Waals surface area (Å²) >= 11 is 0. The Kier molecular flexibility index (Phi) is 43.4. The molecule has 1 N–H and O–H groups in total. The summed E-state index contributed by atoms with van der Waals surface area (Å²) in [5.41, 5.74) is 0. The van der Waals surface area contributed by atoms with Gasteiger partial charge in [-0.3, -0.25) is 9.59 Å². The summed E-state index contributed by atoms with van der Waals surface area (Å²) < 4.78 is 6.05. The van der Waals surface area contributed by atoms with Crippen LogP contribution < -0.4 is 0 Å². The van der Waals surface area contributed by atoms with Crippen LogP contribution in [0.25, 0.3) is 0 Å². The summed E-state index contributed by atoms with van der Waals surface area (Å²) in [6, 6.07) is 0. The highest BCUT2D eigenvalue weighted by molar-refractivity contribution is 5.69. The maximum atomic E-state index is 12.8. The van der Waals surface area contributed by atoms with Gasteiger partial charge in [0.05, 0.1) is 0 Å². The Labute approximate surface area is 326 Å². The van der Waals surface area contributed by atoms with Crippen LogP contribution in [0.1, 0.15) is 290 Å². The van der Waals surface area contributed by atoms with Gasteiger partial charge < -0.3 is 9.84 Å². The van der Waals surface area contributed by atoms with E-state index in [2.05, 4.69) is 13.8 Å². The Morgan fingerprint density at radius 1 is 0.346 bits per heavy atom. The number of hydrogen-bond acceptors (Lipinski definition) is 3. The van der Waals surface area contributed by atoms with Gasteiger partial charge in [-0.25, -0.2) is 0 Å². The number of ether oxygens (including phenoxy) is 1. The molecule has 0 rings (SSSR count). The van der Waals surface area contributed by atoms with Crippen molar-refractivity contribution < 1.29 is 19.4 Å². The second-order valence-corrected chi connectivity index (χ2v) is 16.7. The zero-order valence-electron chi connectivity index (χ0n) is 35.7. The summed E-state index contributed by atoms with van der Waals surface area (Å²) in [5, 5.41) is 8.86. The van der Waals surface area contributed by atoms with Crippen molar-refractivity contribution in [3.8, 4) is 0 Å². The van der Waals surface area contributed by atoms with E-state index in [4.69, 9.17) is 9.84 Å². The molecule has 0 saturated heterocycles. The molecule has 4 nitrogen and oxygen atoms in total. The molecule has 0 aromatic heterocycles. The number of carbonyl (C=O) groups is 2. The summed E-state index contributed by atoms with van der Waals surface area (Å²) in [4.78, 5) is 23.5. The number of esters is 1. The van der Waals surface area contributed by atoms with Gasteiger partial charge in [-0.15, -0.1) is 0 Å². The zero-order valence-corrected chi connectivity index (χ0v) is 35.7. The Morgan fingerprint density at radius 3 is 0.846 bits per heavy atom. The molecule has 0 aromatic carbocycles. The van der Waals surface area contributed by atoms with Crippen molar-refractivity contribution >= 4 is 11.9 Å². The van der Waals surface area contributed by atoms with Crippen LogP contribution in [0, 0.1) is 0 Å². The molecule has 0 aromatic rings. The monoisotopic (exact) mass is 735 g/mol. The first-order valence-electron chi connectivity index (χ1n) is 24.0. The number of unbranched alkanes of at least 4 members (excludes halogenated alkanes) is 36. The summed E-state index contributed by atoms with van der Waals surface area (Å²) in [7, 11) is 0. The third kappa shape index (κ3) is 43.3. The molecule has 0 saturated carbocycles. The van der Waals surface area contributed by atoms with Gasteiger partial charge in [0.2, 0.25) is 0 Å². The lowest BCUT2D eigenvalue weighted by atomic mass is 10.0. The van der Waals surface area contributed by atoms with Crippen LogP contribution in [-0.4, -0.2) is 23.1 Å². The lowest BCUT2D eigenvalue weighted by molar-refractivity contribution is -0.150. The van der Waals surface area contributed by atoms with E-state index in [-0.39, 0.29) is 18.5 Å². The summed E-state index contributed by atoms with van der Waals surface area (Å²) in [5.74, 6) is -0.681. The quantitative estimate of drug-likeness (QED) is 0.0500. The molecule has 0 heterocycles. The van der Waals surface area contributed by atoms with E-state index >= 15 is 0 Å². The highest BCUT2D eigenvalue weighted by Crippen LogP contribution is 2.20. The molecular weight excluding hydrogens is 641 g/mol. The van der Waals surface area contributed by atoms with Gasteiger partial charge in [0.15, 0.2) is 0 Å². The average molecular weight is 735 g/mol. The Hall–Kier alpha value is -1.06. The standard InChI is InChI=1S/C48H94O4/c1-3-5-7-9-11-13-15-17-19-21-22-24-26-28-30-32-37-41-45-48(51)52-46(43-39-35-33-36-40-44-47(49)50)42-38-34-31-29-27-25-23-20-18-16-14-12-10-8-6-4-2/h46H,3-45H2,1-2H3,(H,49,50). The number of carboxylic acids is 1. The number of rotatable bonds is 45. The van der Waals surface area contributed by atoms with Crippen LogP contribution in [0.3, 0.4) is 0 Å². The van der Waals surface area contributed by atoms with Gasteiger partial charge in [0, 0.05) is 12.8 Å². The first-order valence-corrected chi connectivity index (χ1v) is 24.0. The lowest BCUT2D eigenvalue weighted by Crippen LogP contribution is -2.18. The Morgan fingerprint density at radius 2 is 0.577 bits per heavy atom. The number of carboxylic acid groups (broad SMARTS) is 1. The Bertz CT molecular complexity index is 706. The van der Waals surface area contributed by atoms with Crippen LogP contribution >= 0.6 is 0 Å². The molecule has 0 bridgehead atoms. The van der Waals surface area contributed by atoms with Crippen molar-refractivity contribution in [1.82, 2.24) is 0 Å². The predicted molar refractivity (Wildman–Crippen MR) is 227 cm³/mol. The molecule has 1 atom stereocenters. The van der Waals surface area contributed by atoms with E-state index in [1.807, 2.05) is 0 Å². The minimum Gasteiger partial charge on any atom is -0.481 e. The molecule has 0 fully saturated rings. The topological polar surface area (TPSA) is 63.6 Å². The lowest BCUT2D eigenvalue weighted by Gasteiger charge is -2.18. The third-order valence-corrected chi connectivity index (χ3v) is 11.3. The van der Waals surface area contributed by atoms with Crippen molar-refractivity contribution in [2.75, 3.05) is 0 Å². The fraction of sp³-hybridized carbons (Fsp3) is 0.958. The van der Waals surface area contributed by atoms with Crippen molar-refractivity contribution in [2.24, 2.45) is 0 Å².